The molecule has 0 aliphatic rings. The SMILES string of the molecule is c1ccc(-c2nc3cc4c(oc5ccccc54)c(N(c4ccccc4)c4cccc5c6ccccc6n(-c6ccccc6)c45)c3o2)cc1. The number of aromatic nitrogens is 2. The number of oxazole rings is 1. The van der Waals surface area contributed by atoms with Crippen LogP contribution >= 0.6 is 0 Å². The summed E-state index contributed by atoms with van der Waals surface area (Å²) in [5.74, 6) is 0.563. The monoisotopic (exact) mass is 617 g/mol. The summed E-state index contributed by atoms with van der Waals surface area (Å²) >= 11 is 0. The lowest BCUT2D eigenvalue weighted by Gasteiger charge is -2.27. The number of hydrogen-bond acceptors (Lipinski definition) is 4. The number of nitrogens with zero attached hydrogens (tertiary/aromatic N) is 3. The van der Waals surface area contributed by atoms with Crippen LogP contribution in [0.2, 0.25) is 0 Å². The third-order valence-electron chi connectivity index (χ3n) is 9.19. The van der Waals surface area contributed by atoms with Crippen molar-refractivity contribution in [2.24, 2.45) is 0 Å². The molecular weight excluding hydrogens is 590 g/mol. The topological polar surface area (TPSA) is 47.3 Å². The van der Waals surface area contributed by atoms with E-state index in [-0.39, 0.29) is 0 Å². The fourth-order valence-corrected chi connectivity index (χ4v) is 7.12. The Morgan fingerprint density at radius 2 is 1.19 bits per heavy atom. The molecule has 0 bridgehead atoms. The Morgan fingerprint density at radius 1 is 0.521 bits per heavy atom. The Labute approximate surface area is 275 Å². The molecule has 0 aliphatic heterocycles. The van der Waals surface area contributed by atoms with E-state index in [2.05, 4.69) is 119 Å². The lowest BCUT2D eigenvalue weighted by atomic mass is 10.1. The second-order valence-electron chi connectivity index (χ2n) is 12.0. The number of hydrogen-bond donors (Lipinski definition) is 0. The van der Waals surface area contributed by atoms with Gasteiger partial charge in [-0.2, -0.15) is 0 Å². The smallest absolute Gasteiger partial charge is 0.227 e. The van der Waals surface area contributed by atoms with E-state index in [1.54, 1.807) is 0 Å². The Hall–Kier alpha value is -6.59. The first-order valence-electron chi connectivity index (χ1n) is 16.1. The second kappa shape index (κ2) is 10.5. The van der Waals surface area contributed by atoms with E-state index >= 15 is 0 Å². The zero-order valence-corrected chi connectivity index (χ0v) is 25.7. The lowest BCUT2D eigenvalue weighted by Crippen LogP contribution is -2.12. The first-order chi connectivity index (χ1) is 23.8. The largest absolute Gasteiger partial charge is 0.454 e. The van der Waals surface area contributed by atoms with Gasteiger partial charge in [-0.3, -0.25) is 0 Å². The van der Waals surface area contributed by atoms with E-state index in [1.165, 1.54) is 5.39 Å². The zero-order chi connectivity index (χ0) is 31.6. The van der Waals surface area contributed by atoms with Crippen LogP contribution in [0.5, 0.6) is 0 Å². The van der Waals surface area contributed by atoms with Crippen LogP contribution in [-0.2, 0) is 0 Å². The van der Waals surface area contributed by atoms with E-state index in [0.717, 1.165) is 72.2 Å². The molecule has 5 nitrogen and oxygen atoms in total. The van der Waals surface area contributed by atoms with Gasteiger partial charge < -0.3 is 18.3 Å². The van der Waals surface area contributed by atoms with Crippen molar-refractivity contribution >= 4 is 71.9 Å². The highest BCUT2D eigenvalue weighted by molar-refractivity contribution is 6.20. The maximum Gasteiger partial charge on any atom is 0.227 e. The Kier molecular flexibility index (Phi) is 5.81. The number of fused-ring (bicyclic) bond motifs is 7. The van der Waals surface area contributed by atoms with E-state index in [4.69, 9.17) is 13.8 Å². The van der Waals surface area contributed by atoms with Gasteiger partial charge in [0.25, 0.3) is 0 Å². The summed E-state index contributed by atoms with van der Waals surface area (Å²) < 4.78 is 15.9. The average molecular weight is 618 g/mol. The molecule has 0 atom stereocenters. The van der Waals surface area contributed by atoms with Crippen molar-refractivity contribution in [3.05, 3.63) is 164 Å². The number of para-hydroxylation sites is 5. The summed E-state index contributed by atoms with van der Waals surface area (Å²) in [6.45, 7) is 0. The van der Waals surface area contributed by atoms with E-state index in [9.17, 15) is 0 Å². The van der Waals surface area contributed by atoms with Crippen LogP contribution in [0.25, 0.3) is 72.0 Å². The van der Waals surface area contributed by atoms with Crippen LogP contribution in [0.3, 0.4) is 0 Å². The molecule has 7 aromatic carbocycles. The molecule has 226 valence electrons. The summed E-state index contributed by atoms with van der Waals surface area (Å²) in [6, 6.07) is 56.5. The fraction of sp³-hybridized carbons (Fsp3) is 0. The molecule has 0 amide bonds. The molecule has 0 saturated heterocycles. The van der Waals surface area contributed by atoms with Crippen molar-refractivity contribution in [1.29, 1.82) is 0 Å². The van der Waals surface area contributed by atoms with Gasteiger partial charge in [-0.25, -0.2) is 4.98 Å². The minimum absolute atomic E-state index is 0.563. The third-order valence-corrected chi connectivity index (χ3v) is 9.19. The van der Waals surface area contributed by atoms with Crippen molar-refractivity contribution in [3.8, 4) is 17.1 Å². The minimum atomic E-state index is 0.563. The normalized spacial score (nSPS) is 11.8. The summed E-state index contributed by atoms with van der Waals surface area (Å²) in [5.41, 5.74) is 9.96. The predicted octanol–water partition coefficient (Wildman–Crippen LogP) is 12.0. The van der Waals surface area contributed by atoms with Gasteiger partial charge >= 0.3 is 0 Å². The van der Waals surface area contributed by atoms with Gasteiger partial charge in [0, 0.05) is 38.5 Å². The highest BCUT2D eigenvalue weighted by Gasteiger charge is 2.29. The number of furan rings is 1. The van der Waals surface area contributed by atoms with Gasteiger partial charge in [-0.1, -0.05) is 103 Å². The van der Waals surface area contributed by atoms with Gasteiger partial charge in [-0.15, -0.1) is 0 Å². The molecule has 10 rings (SSSR count). The van der Waals surface area contributed by atoms with Gasteiger partial charge in [0.2, 0.25) is 5.89 Å². The first-order valence-corrected chi connectivity index (χ1v) is 16.1. The quantitative estimate of drug-likeness (QED) is 0.193. The van der Waals surface area contributed by atoms with Gasteiger partial charge in [0.15, 0.2) is 11.2 Å². The highest BCUT2D eigenvalue weighted by atomic mass is 16.4. The molecule has 0 N–H and O–H groups in total. The number of anilines is 3. The Bertz CT molecular complexity index is 2780. The van der Waals surface area contributed by atoms with Gasteiger partial charge in [0.05, 0.1) is 16.7 Å². The predicted molar refractivity (Wildman–Crippen MR) is 196 cm³/mol. The zero-order valence-electron chi connectivity index (χ0n) is 25.7. The van der Waals surface area contributed by atoms with Crippen LogP contribution in [-0.4, -0.2) is 9.55 Å². The summed E-state index contributed by atoms with van der Waals surface area (Å²) in [5, 5.41) is 4.36. The van der Waals surface area contributed by atoms with Crippen molar-refractivity contribution in [2.45, 2.75) is 0 Å². The van der Waals surface area contributed by atoms with Crippen LogP contribution in [0.1, 0.15) is 0 Å². The van der Waals surface area contributed by atoms with Crippen LogP contribution in [0.15, 0.2) is 173 Å². The van der Waals surface area contributed by atoms with Gasteiger partial charge in [0.1, 0.15) is 16.8 Å². The molecule has 0 unspecified atom stereocenters. The fourth-order valence-electron chi connectivity index (χ4n) is 7.12. The molecule has 0 fully saturated rings. The Morgan fingerprint density at radius 3 is 2.00 bits per heavy atom. The van der Waals surface area contributed by atoms with E-state index in [1.807, 2.05) is 54.6 Å². The molecule has 5 heteroatoms. The van der Waals surface area contributed by atoms with Crippen molar-refractivity contribution < 1.29 is 8.83 Å². The van der Waals surface area contributed by atoms with Crippen LogP contribution in [0.4, 0.5) is 17.1 Å². The summed E-state index contributed by atoms with van der Waals surface area (Å²) in [6.07, 6.45) is 0. The van der Waals surface area contributed by atoms with Gasteiger partial charge in [-0.05, 0) is 60.7 Å². The lowest BCUT2D eigenvalue weighted by molar-refractivity contribution is 0.618. The molecule has 10 aromatic rings. The molecule has 0 aliphatic carbocycles. The Balaban J connectivity index is 1.39. The third kappa shape index (κ3) is 3.94. The number of rotatable bonds is 5. The molecule has 0 radical (unpaired) electrons. The molecule has 0 spiro atoms. The maximum absolute atomic E-state index is 6.78. The molecule has 48 heavy (non-hydrogen) atoms. The first kappa shape index (κ1) is 26.6. The molecular formula is C43H27N3O2. The molecule has 0 saturated carbocycles. The average Bonchev–Trinajstić information content (AvgIpc) is 3.85. The highest BCUT2D eigenvalue weighted by Crippen LogP contribution is 2.50. The van der Waals surface area contributed by atoms with Crippen molar-refractivity contribution in [2.75, 3.05) is 4.90 Å². The minimum Gasteiger partial charge on any atom is -0.454 e. The van der Waals surface area contributed by atoms with Crippen LogP contribution in [0, 0.1) is 0 Å². The maximum atomic E-state index is 6.78. The standard InChI is InChI=1S/C43H27N3O2/c1-4-15-28(16-5-1)43-44-35-27-34-32-22-11-13-26-38(32)47-41(34)40(42(35)48-43)46(30-19-8-3-9-20-30)37-25-14-23-33-31-21-10-12-24-36(31)45(39(33)37)29-17-6-2-7-18-29/h1-27H. The van der Waals surface area contributed by atoms with E-state index < -0.39 is 0 Å². The van der Waals surface area contributed by atoms with Crippen molar-refractivity contribution in [3.63, 3.8) is 0 Å². The summed E-state index contributed by atoms with van der Waals surface area (Å²) in [4.78, 5) is 7.36. The van der Waals surface area contributed by atoms with Crippen molar-refractivity contribution in [1.82, 2.24) is 9.55 Å². The summed E-state index contributed by atoms with van der Waals surface area (Å²) in [7, 11) is 0. The second-order valence-corrected chi connectivity index (χ2v) is 12.0. The number of benzene rings is 7. The van der Waals surface area contributed by atoms with Crippen LogP contribution < -0.4 is 4.90 Å². The molecule has 3 aromatic heterocycles. The van der Waals surface area contributed by atoms with E-state index in [0.29, 0.717) is 11.5 Å². The molecule has 3 heterocycles.